The van der Waals surface area contributed by atoms with Crippen molar-refractivity contribution in [3.8, 4) is 11.1 Å². The number of hydrogen-bond acceptors (Lipinski definition) is 2. The minimum Gasteiger partial charge on any atom is -0.141 e. The van der Waals surface area contributed by atoms with Gasteiger partial charge in [-0.1, -0.05) is 48.5 Å². The van der Waals surface area contributed by atoms with Gasteiger partial charge < -0.3 is 0 Å². The quantitative estimate of drug-likeness (QED) is 0.512. The van der Waals surface area contributed by atoms with Crippen LogP contribution in [0.5, 0.6) is 0 Å². The molecule has 2 spiro atoms. The smallest absolute Gasteiger partial charge is 0.0773 e. The van der Waals surface area contributed by atoms with Crippen molar-refractivity contribution in [2.24, 2.45) is 23.7 Å². The van der Waals surface area contributed by atoms with Gasteiger partial charge in [-0.25, -0.2) is 0 Å². The van der Waals surface area contributed by atoms with Gasteiger partial charge in [0, 0.05) is 5.75 Å². The summed E-state index contributed by atoms with van der Waals surface area (Å²) in [6.07, 6.45) is 7.63. The summed E-state index contributed by atoms with van der Waals surface area (Å²) in [7, 11) is 0. The molecular formula is C24H24S2. The summed E-state index contributed by atoms with van der Waals surface area (Å²) >= 11 is 4.77. The van der Waals surface area contributed by atoms with E-state index >= 15 is 0 Å². The van der Waals surface area contributed by atoms with Crippen LogP contribution in [0.4, 0.5) is 0 Å². The third kappa shape index (κ3) is 1.68. The molecule has 5 fully saturated rings. The second-order valence-corrected chi connectivity index (χ2v) is 12.4. The van der Waals surface area contributed by atoms with Gasteiger partial charge in [-0.15, -0.1) is 23.5 Å². The molecule has 0 nitrogen and oxygen atoms in total. The first kappa shape index (κ1) is 15.1. The lowest BCUT2D eigenvalue weighted by Crippen LogP contribution is -2.53. The molecule has 0 unspecified atom stereocenters. The van der Waals surface area contributed by atoms with E-state index in [2.05, 4.69) is 72.1 Å². The number of thioether (sulfide) groups is 2. The topological polar surface area (TPSA) is 0 Å². The van der Waals surface area contributed by atoms with Gasteiger partial charge in [-0.05, 0) is 78.0 Å². The van der Waals surface area contributed by atoms with E-state index < -0.39 is 0 Å². The Balaban J connectivity index is 1.40. The lowest BCUT2D eigenvalue weighted by Gasteiger charge is -2.59. The minimum atomic E-state index is 0.202. The van der Waals surface area contributed by atoms with E-state index in [0.29, 0.717) is 4.08 Å². The number of hydrogen-bond donors (Lipinski definition) is 0. The average Bonchev–Trinajstić information content (AvgIpc) is 3.20. The molecule has 0 atom stereocenters. The SMILES string of the molecule is c1ccc2c(c1)-c1ccccc1C21CSC2(S1)C1CC3CC(C1)CC2C3. The molecule has 6 aliphatic rings. The van der Waals surface area contributed by atoms with Crippen molar-refractivity contribution in [1.82, 2.24) is 0 Å². The second-order valence-electron chi connectivity index (χ2n) is 9.33. The van der Waals surface area contributed by atoms with Gasteiger partial charge in [0.05, 0.1) is 8.83 Å². The molecule has 132 valence electrons. The van der Waals surface area contributed by atoms with Crippen LogP contribution in [0.2, 0.25) is 0 Å². The Morgan fingerprint density at radius 3 is 1.81 bits per heavy atom. The second kappa shape index (κ2) is 4.94. The van der Waals surface area contributed by atoms with Crippen LogP contribution in [0.3, 0.4) is 0 Å². The normalized spacial score (nSPS) is 40.3. The van der Waals surface area contributed by atoms with Crippen LogP contribution in [0.1, 0.15) is 43.2 Å². The highest BCUT2D eigenvalue weighted by Crippen LogP contribution is 2.76. The largest absolute Gasteiger partial charge is 0.141 e. The van der Waals surface area contributed by atoms with Gasteiger partial charge in [-0.3, -0.25) is 0 Å². The van der Waals surface area contributed by atoms with Gasteiger partial charge in [0.2, 0.25) is 0 Å². The molecule has 0 N–H and O–H groups in total. The van der Waals surface area contributed by atoms with Gasteiger partial charge in [0.1, 0.15) is 0 Å². The number of fused-ring (bicyclic) bond motifs is 5. The maximum atomic E-state index is 2.43. The molecule has 0 amide bonds. The zero-order valence-corrected chi connectivity index (χ0v) is 16.6. The summed E-state index contributed by atoms with van der Waals surface area (Å²) in [6, 6.07) is 18.5. The van der Waals surface area contributed by atoms with Crippen LogP contribution in [0, 0.1) is 23.7 Å². The van der Waals surface area contributed by atoms with Gasteiger partial charge >= 0.3 is 0 Å². The van der Waals surface area contributed by atoms with Crippen LogP contribution in [-0.4, -0.2) is 9.83 Å². The number of benzene rings is 2. The highest BCUT2D eigenvalue weighted by atomic mass is 32.2. The van der Waals surface area contributed by atoms with E-state index in [1.807, 2.05) is 0 Å². The predicted molar refractivity (Wildman–Crippen MR) is 112 cm³/mol. The lowest BCUT2D eigenvalue weighted by molar-refractivity contribution is 0.0158. The maximum Gasteiger partial charge on any atom is 0.0773 e. The molecule has 4 bridgehead atoms. The van der Waals surface area contributed by atoms with Gasteiger partial charge in [-0.2, -0.15) is 0 Å². The van der Waals surface area contributed by atoms with Crippen molar-refractivity contribution in [2.45, 2.75) is 40.9 Å². The molecule has 1 heterocycles. The molecule has 0 aromatic heterocycles. The van der Waals surface area contributed by atoms with E-state index in [1.165, 1.54) is 42.6 Å². The Labute approximate surface area is 164 Å². The summed E-state index contributed by atoms with van der Waals surface area (Å²) in [5.41, 5.74) is 6.20. The van der Waals surface area contributed by atoms with Gasteiger partial charge in [0.25, 0.3) is 0 Å². The molecular weight excluding hydrogens is 352 g/mol. The minimum absolute atomic E-state index is 0.202. The van der Waals surface area contributed by atoms with Gasteiger partial charge in [0.15, 0.2) is 0 Å². The summed E-state index contributed by atoms with van der Waals surface area (Å²) in [5, 5.41) is 0. The summed E-state index contributed by atoms with van der Waals surface area (Å²) in [4.78, 5) is 0. The first-order chi connectivity index (χ1) is 12.8. The number of rotatable bonds is 0. The van der Waals surface area contributed by atoms with Crippen molar-refractivity contribution < 1.29 is 0 Å². The fraction of sp³-hybridized carbons (Fsp3) is 0.500. The van der Waals surface area contributed by atoms with Crippen LogP contribution < -0.4 is 0 Å². The third-order valence-electron chi connectivity index (χ3n) is 8.13. The first-order valence-corrected chi connectivity index (χ1v) is 12.1. The Bertz CT molecular complexity index is 840. The fourth-order valence-corrected chi connectivity index (χ4v) is 12.0. The van der Waals surface area contributed by atoms with Crippen molar-refractivity contribution in [2.75, 3.05) is 5.75 Å². The first-order valence-electron chi connectivity index (χ1n) is 10.3. The molecule has 2 aromatic rings. The highest BCUT2D eigenvalue weighted by molar-refractivity contribution is 8.22. The van der Waals surface area contributed by atoms with Crippen LogP contribution >= 0.6 is 23.5 Å². The fourth-order valence-electron chi connectivity index (χ4n) is 7.34. The standard InChI is InChI=1S/C24H24S2/c1-3-7-21-19(5-1)20-6-2-4-8-22(20)23(21)14-25-24(26-23)17-10-15-9-16(12-17)13-18(24)11-15/h1-8,15-18H,9-14H2. The summed E-state index contributed by atoms with van der Waals surface area (Å²) in [5.74, 6) is 5.32. The summed E-state index contributed by atoms with van der Waals surface area (Å²) < 4.78 is 0.700. The molecule has 2 aromatic carbocycles. The Morgan fingerprint density at radius 2 is 1.23 bits per heavy atom. The van der Waals surface area contributed by atoms with Crippen molar-refractivity contribution in [3.63, 3.8) is 0 Å². The Kier molecular flexibility index (Phi) is 2.87. The maximum absolute atomic E-state index is 2.43. The zero-order valence-electron chi connectivity index (χ0n) is 15.0. The van der Waals surface area contributed by atoms with Crippen LogP contribution in [0.25, 0.3) is 11.1 Å². The van der Waals surface area contributed by atoms with E-state index in [0.717, 1.165) is 23.7 Å². The molecule has 4 saturated carbocycles. The predicted octanol–water partition coefficient (Wildman–Crippen LogP) is 6.54. The van der Waals surface area contributed by atoms with E-state index in [9.17, 15) is 0 Å². The molecule has 2 heteroatoms. The van der Waals surface area contributed by atoms with Crippen molar-refractivity contribution in [1.29, 1.82) is 0 Å². The third-order valence-corrected chi connectivity index (χ3v) is 12.5. The van der Waals surface area contributed by atoms with E-state index in [-0.39, 0.29) is 4.75 Å². The molecule has 1 aliphatic heterocycles. The molecule has 0 radical (unpaired) electrons. The molecule has 1 saturated heterocycles. The molecule has 8 rings (SSSR count). The average molecular weight is 377 g/mol. The van der Waals surface area contributed by atoms with Crippen molar-refractivity contribution in [3.05, 3.63) is 59.7 Å². The summed E-state index contributed by atoms with van der Waals surface area (Å²) in [6.45, 7) is 0. The Hall–Kier alpha value is -0.860. The lowest BCUT2D eigenvalue weighted by atomic mass is 9.56. The van der Waals surface area contributed by atoms with Crippen molar-refractivity contribution >= 4 is 23.5 Å². The molecule has 26 heavy (non-hydrogen) atoms. The molecule has 5 aliphatic carbocycles. The van der Waals surface area contributed by atoms with Crippen LogP contribution in [-0.2, 0) is 4.75 Å². The van der Waals surface area contributed by atoms with E-state index in [1.54, 1.807) is 17.5 Å². The van der Waals surface area contributed by atoms with Crippen LogP contribution in [0.15, 0.2) is 48.5 Å². The zero-order chi connectivity index (χ0) is 16.9. The Morgan fingerprint density at radius 1 is 0.692 bits per heavy atom. The highest BCUT2D eigenvalue weighted by Gasteiger charge is 2.65. The monoisotopic (exact) mass is 376 g/mol. The van der Waals surface area contributed by atoms with E-state index in [4.69, 9.17) is 0 Å².